The lowest BCUT2D eigenvalue weighted by Crippen LogP contribution is -2.15. The Morgan fingerprint density at radius 2 is 2.11 bits per heavy atom. The number of aryl methyl sites for hydroxylation is 1. The summed E-state index contributed by atoms with van der Waals surface area (Å²) in [6.07, 6.45) is 0. The van der Waals surface area contributed by atoms with Crippen molar-refractivity contribution < 1.29 is 14.5 Å². The number of anilines is 1. The van der Waals surface area contributed by atoms with Crippen LogP contribution in [0.2, 0.25) is 0 Å². The maximum atomic E-state index is 12.8. The summed E-state index contributed by atoms with van der Waals surface area (Å²) in [7, 11) is 3.40. The second-order valence-electron chi connectivity index (χ2n) is 5.73. The Labute approximate surface area is 158 Å². The summed E-state index contributed by atoms with van der Waals surface area (Å²) in [5.74, 6) is -0.541. The maximum Gasteiger partial charge on any atom is 0.282 e. The van der Waals surface area contributed by atoms with E-state index >= 15 is 0 Å². The predicted octanol–water partition coefficient (Wildman–Crippen LogP) is 2.95. The minimum Gasteiger partial charge on any atom is -0.383 e. The zero-order valence-corrected chi connectivity index (χ0v) is 15.7. The van der Waals surface area contributed by atoms with E-state index in [-0.39, 0.29) is 11.3 Å². The van der Waals surface area contributed by atoms with Crippen molar-refractivity contribution in [3.8, 4) is 0 Å². The number of amides is 1. The van der Waals surface area contributed by atoms with Crippen LogP contribution < -0.4 is 10.1 Å². The van der Waals surface area contributed by atoms with Gasteiger partial charge in [0.05, 0.1) is 27.3 Å². The molecule has 8 nitrogen and oxygen atoms in total. The summed E-state index contributed by atoms with van der Waals surface area (Å²) < 4.78 is 7.82. The van der Waals surface area contributed by atoms with E-state index in [4.69, 9.17) is 4.74 Å². The van der Waals surface area contributed by atoms with Crippen LogP contribution in [-0.2, 0) is 11.8 Å². The molecule has 0 atom stereocenters. The topological polar surface area (TPSA) is 98.8 Å². The molecule has 2 aromatic carbocycles. The van der Waals surface area contributed by atoms with Gasteiger partial charge in [-0.25, -0.2) is 0 Å². The Morgan fingerprint density at radius 1 is 1.33 bits per heavy atom. The van der Waals surface area contributed by atoms with Gasteiger partial charge in [0.2, 0.25) is 0 Å². The van der Waals surface area contributed by atoms with E-state index in [9.17, 15) is 14.9 Å². The summed E-state index contributed by atoms with van der Waals surface area (Å²) in [6.45, 7) is 0.901. The number of fused-ring (bicyclic) bond motifs is 1. The monoisotopic (exact) mass is 386 g/mol. The third-order valence-electron chi connectivity index (χ3n) is 3.98. The fourth-order valence-corrected chi connectivity index (χ4v) is 3.62. The third-order valence-corrected chi connectivity index (χ3v) is 5.09. The van der Waals surface area contributed by atoms with Gasteiger partial charge in [-0.2, -0.15) is 4.99 Å². The largest absolute Gasteiger partial charge is 0.383 e. The van der Waals surface area contributed by atoms with Gasteiger partial charge in [0.1, 0.15) is 0 Å². The highest BCUT2D eigenvalue weighted by atomic mass is 32.1. The number of thiazole rings is 1. The van der Waals surface area contributed by atoms with Crippen molar-refractivity contribution in [2.75, 3.05) is 25.6 Å². The molecule has 9 heteroatoms. The molecule has 1 amide bonds. The van der Waals surface area contributed by atoms with Gasteiger partial charge in [-0.3, -0.25) is 14.9 Å². The van der Waals surface area contributed by atoms with Crippen LogP contribution in [0.3, 0.4) is 0 Å². The van der Waals surface area contributed by atoms with Crippen LogP contribution >= 0.6 is 11.3 Å². The first-order valence-corrected chi connectivity index (χ1v) is 8.98. The van der Waals surface area contributed by atoms with E-state index in [2.05, 4.69) is 10.3 Å². The number of methoxy groups -OCH3 is 1. The lowest BCUT2D eigenvalue weighted by Gasteiger charge is -2.09. The molecule has 3 rings (SSSR count). The molecule has 1 aromatic heterocycles. The molecular formula is C18H18N4O4S. The average Bonchev–Trinajstić information content (AvgIpc) is 2.98. The molecule has 1 N–H and O–H groups in total. The maximum absolute atomic E-state index is 12.8. The smallest absolute Gasteiger partial charge is 0.282 e. The summed E-state index contributed by atoms with van der Waals surface area (Å²) in [5.41, 5.74) is 1.44. The molecule has 0 fully saturated rings. The minimum absolute atomic E-state index is 0.151. The Kier molecular flexibility index (Phi) is 5.63. The lowest BCUT2D eigenvalue weighted by molar-refractivity contribution is -0.384. The van der Waals surface area contributed by atoms with Gasteiger partial charge in [0, 0.05) is 38.5 Å². The lowest BCUT2D eigenvalue weighted by atomic mass is 10.1. The van der Waals surface area contributed by atoms with Gasteiger partial charge < -0.3 is 14.6 Å². The highest BCUT2D eigenvalue weighted by molar-refractivity contribution is 7.16. The summed E-state index contributed by atoms with van der Waals surface area (Å²) >= 11 is 1.39. The van der Waals surface area contributed by atoms with Crippen molar-refractivity contribution >= 4 is 38.8 Å². The summed E-state index contributed by atoms with van der Waals surface area (Å²) in [4.78, 5) is 28.1. The van der Waals surface area contributed by atoms with Crippen molar-refractivity contribution in [1.82, 2.24) is 4.57 Å². The number of non-ortho nitro benzene ring substituents is 1. The molecule has 0 spiro atoms. The van der Waals surface area contributed by atoms with Crippen molar-refractivity contribution in [2.45, 2.75) is 0 Å². The number of hydrogen-bond acceptors (Lipinski definition) is 6. The Morgan fingerprint density at radius 3 is 2.81 bits per heavy atom. The second-order valence-corrected chi connectivity index (χ2v) is 6.74. The first kappa shape index (κ1) is 18.7. The van der Waals surface area contributed by atoms with Crippen LogP contribution in [0.15, 0.2) is 47.5 Å². The number of rotatable bonds is 6. The fourth-order valence-electron chi connectivity index (χ4n) is 2.60. The number of aromatic nitrogens is 1. The van der Waals surface area contributed by atoms with Gasteiger partial charge in [-0.15, -0.1) is 0 Å². The SMILES string of the molecule is COCCNc1ccc([N+](=O)[O-])cc1C(=O)N=c1sc2ccccc2n1C. The predicted molar refractivity (Wildman–Crippen MR) is 104 cm³/mol. The van der Waals surface area contributed by atoms with Gasteiger partial charge in [0.15, 0.2) is 4.80 Å². The van der Waals surface area contributed by atoms with E-state index < -0.39 is 10.8 Å². The van der Waals surface area contributed by atoms with Crippen LogP contribution in [0, 0.1) is 10.1 Å². The highest BCUT2D eigenvalue weighted by Gasteiger charge is 2.17. The van der Waals surface area contributed by atoms with Crippen LogP contribution in [0.25, 0.3) is 10.2 Å². The zero-order valence-electron chi connectivity index (χ0n) is 14.8. The minimum atomic E-state index is -0.541. The normalized spacial score (nSPS) is 11.7. The molecule has 0 saturated carbocycles. The molecule has 0 bridgehead atoms. The van der Waals surface area contributed by atoms with Crippen molar-refractivity contribution in [2.24, 2.45) is 12.0 Å². The Hall–Kier alpha value is -3.04. The van der Waals surface area contributed by atoms with Gasteiger partial charge in [-0.1, -0.05) is 23.5 Å². The molecule has 0 aliphatic carbocycles. The molecule has 0 radical (unpaired) electrons. The van der Waals surface area contributed by atoms with E-state index in [1.54, 1.807) is 7.11 Å². The van der Waals surface area contributed by atoms with Crippen LogP contribution in [0.1, 0.15) is 10.4 Å². The fraction of sp³-hybridized carbons (Fsp3) is 0.222. The summed E-state index contributed by atoms with van der Waals surface area (Å²) in [6, 6.07) is 11.8. The standard InChI is InChI=1S/C18H18N4O4S/c1-21-15-5-3-4-6-16(15)27-18(21)20-17(23)13-11-12(22(24)25)7-8-14(13)19-9-10-26-2/h3-8,11,19H,9-10H2,1-2H3. The number of nitro benzene ring substituents is 1. The Balaban J connectivity index is 2.04. The van der Waals surface area contributed by atoms with Gasteiger partial charge >= 0.3 is 0 Å². The molecular weight excluding hydrogens is 368 g/mol. The molecule has 1 heterocycles. The van der Waals surface area contributed by atoms with Crippen LogP contribution in [-0.4, -0.2) is 35.7 Å². The first-order chi connectivity index (χ1) is 13.0. The zero-order chi connectivity index (χ0) is 19.4. The number of carbonyl (C=O) groups excluding carboxylic acids is 1. The van der Waals surface area contributed by atoms with Gasteiger partial charge in [-0.05, 0) is 18.2 Å². The molecule has 3 aromatic rings. The molecule has 0 aliphatic heterocycles. The molecule has 27 heavy (non-hydrogen) atoms. The van der Waals surface area contributed by atoms with E-state index in [1.165, 1.54) is 29.5 Å². The number of ether oxygens (including phenoxy) is 1. The number of para-hydroxylation sites is 1. The van der Waals surface area contributed by atoms with Crippen LogP contribution in [0.5, 0.6) is 0 Å². The molecule has 0 saturated heterocycles. The van der Waals surface area contributed by atoms with Crippen LogP contribution in [0.4, 0.5) is 11.4 Å². The number of carbonyl (C=O) groups is 1. The molecule has 0 aliphatic rings. The number of benzene rings is 2. The van der Waals surface area contributed by atoms with Crippen molar-refractivity contribution in [1.29, 1.82) is 0 Å². The number of nitro groups is 1. The van der Waals surface area contributed by atoms with E-state index in [0.717, 1.165) is 10.2 Å². The summed E-state index contributed by atoms with van der Waals surface area (Å²) in [5, 5.41) is 14.2. The van der Waals surface area contributed by atoms with Crippen molar-refractivity contribution in [3.63, 3.8) is 0 Å². The quantitative estimate of drug-likeness (QED) is 0.399. The first-order valence-electron chi connectivity index (χ1n) is 8.16. The average molecular weight is 386 g/mol. The van der Waals surface area contributed by atoms with E-state index in [1.807, 2.05) is 35.9 Å². The van der Waals surface area contributed by atoms with Gasteiger partial charge in [0.25, 0.3) is 11.6 Å². The van der Waals surface area contributed by atoms with E-state index in [0.29, 0.717) is 23.6 Å². The molecule has 0 unspecified atom stereocenters. The van der Waals surface area contributed by atoms with Crippen molar-refractivity contribution in [3.05, 3.63) is 62.9 Å². The highest BCUT2D eigenvalue weighted by Crippen LogP contribution is 2.23. The third kappa shape index (κ3) is 4.04. The second kappa shape index (κ2) is 8.11. The molecule has 140 valence electrons. The Bertz CT molecular complexity index is 1070. The number of nitrogens with zero attached hydrogens (tertiary/aromatic N) is 3. The number of nitrogens with one attached hydrogen (secondary N) is 1. The number of hydrogen-bond donors (Lipinski definition) is 1.